The zero-order valence-electron chi connectivity index (χ0n) is 28.5. The topological polar surface area (TPSA) is 128 Å². The first-order valence-corrected chi connectivity index (χ1v) is 17.1. The Morgan fingerprint density at radius 2 is 1.56 bits per heavy atom. The molecule has 10 nitrogen and oxygen atoms in total. The van der Waals surface area contributed by atoms with Crippen LogP contribution in [-0.4, -0.2) is 70.1 Å². The van der Waals surface area contributed by atoms with Crippen LogP contribution in [0.25, 0.3) is 22.5 Å². The van der Waals surface area contributed by atoms with Crippen LogP contribution in [0.4, 0.5) is 4.79 Å². The van der Waals surface area contributed by atoms with Crippen molar-refractivity contribution in [2.24, 2.45) is 0 Å². The van der Waals surface area contributed by atoms with Crippen molar-refractivity contribution in [2.75, 3.05) is 27.2 Å². The van der Waals surface area contributed by atoms with Crippen molar-refractivity contribution in [3.05, 3.63) is 120 Å². The van der Waals surface area contributed by atoms with Crippen LogP contribution < -0.4 is 10.6 Å². The normalized spacial score (nSPS) is 14.8. The minimum atomic E-state index is -0.716. The molecule has 1 fully saturated rings. The molecule has 2 amide bonds. The number of amides is 2. The van der Waals surface area contributed by atoms with E-state index in [1.807, 2.05) is 79.1 Å². The van der Waals surface area contributed by atoms with Crippen molar-refractivity contribution in [1.29, 1.82) is 0 Å². The van der Waals surface area contributed by atoms with Crippen LogP contribution in [0.5, 0.6) is 0 Å². The van der Waals surface area contributed by atoms with E-state index in [1.165, 1.54) is 13.5 Å². The molecule has 2 atom stereocenters. The fourth-order valence-corrected chi connectivity index (χ4v) is 6.17. The smallest absolute Gasteiger partial charge is 0.407 e. The number of alkyl carbamates (subject to hydrolysis) is 1. The second-order valence-electron chi connectivity index (χ2n) is 12.6. The van der Waals surface area contributed by atoms with Gasteiger partial charge in [0.1, 0.15) is 17.7 Å². The van der Waals surface area contributed by atoms with E-state index in [4.69, 9.17) is 4.74 Å². The van der Waals surface area contributed by atoms with Gasteiger partial charge in [-0.05, 0) is 80.2 Å². The molecule has 2 unspecified atom stereocenters. The molecular formula is C40H43N7O3. The Labute approximate surface area is 293 Å². The zero-order chi connectivity index (χ0) is 34.7. The molecule has 3 aromatic carbocycles. The van der Waals surface area contributed by atoms with Gasteiger partial charge < -0.3 is 25.3 Å². The minimum Gasteiger partial charge on any atom is -0.453 e. The number of aromatic nitrogens is 4. The van der Waals surface area contributed by atoms with Gasteiger partial charge in [-0.25, -0.2) is 14.8 Å². The number of carbonyl (C=O) groups is 2. The first-order valence-electron chi connectivity index (χ1n) is 17.1. The molecule has 50 heavy (non-hydrogen) atoms. The highest BCUT2D eigenvalue weighted by Crippen LogP contribution is 2.30. The summed E-state index contributed by atoms with van der Waals surface area (Å²) >= 11 is 0. The van der Waals surface area contributed by atoms with E-state index in [0.29, 0.717) is 19.0 Å². The highest BCUT2D eigenvalue weighted by Gasteiger charge is 2.25. The molecule has 4 N–H and O–H groups in total. The standard InChI is InChI=1S/C40H43N7O3/c1-47-24-8-11-36(47)38-43-27-35(45-38)32-21-17-29(18-22-32)14-13-28-15-19-31(20-16-28)34-26-42-37(44-34)12-6-7-23-41-39(48)33(46-40(49)50-2)25-30-9-4-3-5-10-30/h3-5,9-10,15-22,26-27,33,36H,6-8,11-12,23-25H2,1-2H3,(H,41,48)(H,42,44)(H,43,45)(H,46,49). The van der Waals surface area contributed by atoms with Crippen molar-refractivity contribution in [2.45, 2.75) is 50.6 Å². The lowest BCUT2D eigenvalue weighted by Crippen LogP contribution is -2.48. The van der Waals surface area contributed by atoms with Gasteiger partial charge in [0.25, 0.3) is 0 Å². The molecular weight excluding hydrogens is 626 g/mol. The summed E-state index contributed by atoms with van der Waals surface area (Å²) in [5, 5.41) is 5.57. The van der Waals surface area contributed by atoms with Crippen molar-refractivity contribution in [3.8, 4) is 34.4 Å². The van der Waals surface area contributed by atoms with Gasteiger partial charge in [-0.3, -0.25) is 9.69 Å². The number of methoxy groups -OCH3 is 1. The van der Waals surface area contributed by atoms with Crippen LogP contribution in [0.2, 0.25) is 0 Å². The van der Waals surface area contributed by atoms with Crippen molar-refractivity contribution in [1.82, 2.24) is 35.5 Å². The first-order chi connectivity index (χ1) is 24.4. The molecule has 1 aliphatic heterocycles. The van der Waals surface area contributed by atoms with Gasteiger partial charge in [-0.2, -0.15) is 0 Å². The molecule has 0 radical (unpaired) electrons. The summed E-state index contributed by atoms with van der Waals surface area (Å²) in [6.07, 6.45) is 8.24. The van der Waals surface area contributed by atoms with Gasteiger partial charge in [-0.1, -0.05) is 66.4 Å². The molecule has 256 valence electrons. The molecule has 0 bridgehead atoms. The Kier molecular flexibility index (Phi) is 11.4. The second kappa shape index (κ2) is 16.6. The summed E-state index contributed by atoms with van der Waals surface area (Å²) in [5.74, 6) is 8.24. The molecule has 2 aromatic heterocycles. The summed E-state index contributed by atoms with van der Waals surface area (Å²) in [4.78, 5) is 43.1. The Morgan fingerprint density at radius 1 is 0.900 bits per heavy atom. The predicted octanol–water partition coefficient (Wildman–Crippen LogP) is 6.04. The number of rotatable bonds is 12. The Bertz CT molecular complexity index is 1920. The number of benzene rings is 3. The number of aromatic amines is 2. The number of imidazole rings is 2. The maximum Gasteiger partial charge on any atom is 0.407 e. The van der Waals surface area contributed by atoms with E-state index < -0.39 is 12.1 Å². The number of aryl methyl sites for hydroxylation is 1. The van der Waals surface area contributed by atoms with Crippen LogP contribution in [0.1, 0.15) is 60.1 Å². The summed E-state index contributed by atoms with van der Waals surface area (Å²) in [6.45, 7) is 1.61. The van der Waals surface area contributed by atoms with E-state index in [2.05, 4.69) is 66.5 Å². The fourth-order valence-electron chi connectivity index (χ4n) is 6.17. The number of ether oxygens (including phenoxy) is 1. The molecule has 0 aliphatic carbocycles. The van der Waals surface area contributed by atoms with Gasteiger partial charge in [0.05, 0.1) is 36.9 Å². The molecule has 6 rings (SSSR count). The summed E-state index contributed by atoms with van der Waals surface area (Å²) in [6, 6.07) is 25.6. The molecule has 5 aromatic rings. The quantitative estimate of drug-likeness (QED) is 0.0948. The van der Waals surface area contributed by atoms with Crippen molar-refractivity contribution >= 4 is 12.0 Å². The number of unbranched alkanes of at least 4 members (excludes halogenated alkanes) is 1. The number of hydrogen-bond donors (Lipinski definition) is 4. The number of likely N-dealkylation sites (tertiary alicyclic amines) is 1. The van der Waals surface area contributed by atoms with E-state index in [9.17, 15) is 9.59 Å². The average Bonchev–Trinajstić information content (AvgIpc) is 3.93. The van der Waals surface area contributed by atoms with Crippen LogP contribution in [0.3, 0.4) is 0 Å². The molecule has 0 saturated carbocycles. The predicted molar refractivity (Wildman–Crippen MR) is 194 cm³/mol. The highest BCUT2D eigenvalue weighted by atomic mass is 16.5. The van der Waals surface area contributed by atoms with E-state index in [1.54, 1.807) is 0 Å². The number of nitrogens with one attached hydrogen (secondary N) is 4. The number of hydrogen-bond acceptors (Lipinski definition) is 6. The van der Waals surface area contributed by atoms with Gasteiger partial charge >= 0.3 is 6.09 Å². The highest BCUT2D eigenvalue weighted by molar-refractivity contribution is 5.85. The third-order valence-electron chi connectivity index (χ3n) is 9.02. The van der Waals surface area contributed by atoms with Gasteiger partial charge in [0.15, 0.2) is 0 Å². The molecule has 1 saturated heterocycles. The van der Waals surface area contributed by atoms with E-state index in [0.717, 1.165) is 83.1 Å². The van der Waals surface area contributed by atoms with Gasteiger partial charge in [0.2, 0.25) is 5.91 Å². The summed E-state index contributed by atoms with van der Waals surface area (Å²) < 4.78 is 4.71. The zero-order valence-corrected chi connectivity index (χ0v) is 28.5. The number of H-pyrrole nitrogens is 2. The van der Waals surface area contributed by atoms with Gasteiger partial charge in [0, 0.05) is 30.5 Å². The van der Waals surface area contributed by atoms with E-state index in [-0.39, 0.29) is 5.91 Å². The lowest BCUT2D eigenvalue weighted by Gasteiger charge is -2.18. The molecule has 0 spiro atoms. The largest absolute Gasteiger partial charge is 0.453 e. The number of nitrogens with zero attached hydrogens (tertiary/aromatic N) is 3. The third kappa shape index (κ3) is 9.07. The molecule has 3 heterocycles. The monoisotopic (exact) mass is 669 g/mol. The number of carbonyl (C=O) groups excluding carboxylic acids is 2. The summed E-state index contributed by atoms with van der Waals surface area (Å²) in [7, 11) is 3.44. The Hall–Kier alpha value is -5.66. The van der Waals surface area contributed by atoms with Crippen LogP contribution in [0.15, 0.2) is 91.3 Å². The van der Waals surface area contributed by atoms with Crippen molar-refractivity contribution in [3.63, 3.8) is 0 Å². The van der Waals surface area contributed by atoms with Crippen LogP contribution >= 0.6 is 0 Å². The first kappa shape index (κ1) is 34.2. The lowest BCUT2D eigenvalue weighted by molar-refractivity contribution is -0.123. The van der Waals surface area contributed by atoms with Crippen LogP contribution in [-0.2, 0) is 22.4 Å². The maximum atomic E-state index is 12.8. The molecule has 1 aliphatic rings. The Balaban J connectivity index is 0.951. The summed E-state index contributed by atoms with van der Waals surface area (Å²) in [5.41, 5.74) is 6.96. The molecule has 10 heteroatoms. The van der Waals surface area contributed by atoms with Gasteiger partial charge in [-0.15, -0.1) is 0 Å². The Morgan fingerprint density at radius 3 is 2.20 bits per heavy atom. The third-order valence-corrected chi connectivity index (χ3v) is 9.02. The fraction of sp³-hybridized carbons (Fsp3) is 0.300. The maximum absolute atomic E-state index is 12.8. The van der Waals surface area contributed by atoms with E-state index >= 15 is 0 Å². The minimum absolute atomic E-state index is 0.239. The SMILES string of the molecule is COC(=O)NC(Cc1ccccc1)C(=O)NCCCCc1ncc(-c2ccc(C#Cc3ccc(-c4cnc(C5CCCN5C)[nH]4)cc3)cc2)[nH]1. The van der Waals surface area contributed by atoms with Crippen LogP contribution in [0, 0.1) is 11.8 Å². The van der Waals surface area contributed by atoms with Crippen molar-refractivity contribution < 1.29 is 14.3 Å². The average molecular weight is 670 g/mol. The lowest BCUT2D eigenvalue weighted by atomic mass is 10.1. The second-order valence-corrected chi connectivity index (χ2v) is 12.6.